The molecule has 10 heteroatoms. The van der Waals surface area contributed by atoms with Crippen LogP contribution in [-0.4, -0.2) is 74.2 Å². The van der Waals surface area contributed by atoms with Crippen LogP contribution in [0.5, 0.6) is 0 Å². The predicted octanol–water partition coefficient (Wildman–Crippen LogP) is -1.36. The molecular weight excluding hydrogens is 316 g/mol. The van der Waals surface area contributed by atoms with Gasteiger partial charge in [0.2, 0.25) is 0 Å². The predicted molar refractivity (Wildman–Crippen MR) is 67.4 cm³/mol. The van der Waals surface area contributed by atoms with E-state index in [2.05, 4.69) is 4.74 Å². The van der Waals surface area contributed by atoms with Crippen LogP contribution in [0.1, 0.15) is 13.3 Å². The quantitative estimate of drug-likeness (QED) is 0.489. The highest BCUT2D eigenvalue weighted by Crippen LogP contribution is 2.36. The van der Waals surface area contributed by atoms with Gasteiger partial charge in [-0.25, -0.2) is 0 Å². The van der Waals surface area contributed by atoms with Crippen molar-refractivity contribution in [2.75, 3.05) is 13.7 Å². The summed E-state index contributed by atoms with van der Waals surface area (Å²) in [6, 6.07) is 0. The molecule has 0 saturated carbocycles. The van der Waals surface area contributed by atoms with E-state index in [0.29, 0.717) is 0 Å². The summed E-state index contributed by atoms with van der Waals surface area (Å²) in [7, 11) is 1.16. The van der Waals surface area contributed by atoms with Crippen molar-refractivity contribution in [2.24, 2.45) is 0 Å². The number of rotatable bonds is 3. The molecule has 0 amide bonds. The van der Waals surface area contributed by atoms with Crippen molar-refractivity contribution >= 4 is 11.9 Å². The van der Waals surface area contributed by atoms with Crippen molar-refractivity contribution in [3.63, 3.8) is 0 Å². The fraction of sp³-hybridized carbons (Fsp3) is 0.846. The Morgan fingerprint density at radius 2 is 1.83 bits per heavy atom. The molecule has 7 atom stereocenters. The van der Waals surface area contributed by atoms with Crippen LogP contribution in [0, 0.1) is 0 Å². The van der Waals surface area contributed by atoms with Gasteiger partial charge >= 0.3 is 18.4 Å². The van der Waals surface area contributed by atoms with Crippen LogP contribution in [0.4, 0.5) is 0 Å². The molecule has 0 aromatic heterocycles. The van der Waals surface area contributed by atoms with Crippen molar-refractivity contribution < 1.29 is 47.9 Å². The van der Waals surface area contributed by atoms with Crippen molar-refractivity contribution in [2.45, 2.75) is 56.8 Å². The fourth-order valence-electron chi connectivity index (χ4n) is 2.67. The van der Waals surface area contributed by atoms with E-state index in [4.69, 9.17) is 28.4 Å². The third kappa shape index (κ3) is 3.47. The second-order valence-electron chi connectivity index (χ2n) is 5.30. The minimum Gasteiger partial charge on any atom is -0.469 e. The molecule has 3 aliphatic rings. The maximum atomic E-state index is 11.6. The first-order valence-corrected chi connectivity index (χ1v) is 7.15. The average molecular weight is 334 g/mol. The van der Waals surface area contributed by atoms with E-state index < -0.39 is 61.8 Å². The highest BCUT2D eigenvalue weighted by Gasteiger charge is 2.55. The van der Waals surface area contributed by atoms with E-state index in [0.717, 1.165) is 7.11 Å². The lowest BCUT2D eigenvalue weighted by Gasteiger charge is -2.43. The Balaban J connectivity index is 1.61. The number of aliphatic hydroxyl groups excluding tert-OH is 1. The maximum Gasteiger partial charge on any atom is 0.321 e. The number of ether oxygens (including phenoxy) is 7. The van der Waals surface area contributed by atoms with Crippen LogP contribution in [0.3, 0.4) is 0 Å². The van der Waals surface area contributed by atoms with E-state index in [-0.39, 0.29) is 6.61 Å². The van der Waals surface area contributed by atoms with Gasteiger partial charge in [-0.1, -0.05) is 0 Å². The molecule has 3 saturated heterocycles. The van der Waals surface area contributed by atoms with Crippen molar-refractivity contribution in [3.8, 4) is 0 Å². The Hall–Kier alpha value is -1.30. The first kappa shape index (κ1) is 16.6. The van der Waals surface area contributed by atoms with Crippen molar-refractivity contribution in [1.29, 1.82) is 0 Å². The van der Waals surface area contributed by atoms with Gasteiger partial charge in [-0.15, -0.1) is 0 Å². The Morgan fingerprint density at radius 1 is 1.09 bits per heavy atom. The molecule has 10 nitrogen and oxygen atoms in total. The van der Waals surface area contributed by atoms with Crippen LogP contribution in [-0.2, 0) is 42.7 Å². The van der Waals surface area contributed by atoms with Gasteiger partial charge in [-0.2, -0.15) is 0 Å². The fourth-order valence-corrected chi connectivity index (χ4v) is 2.67. The first-order valence-electron chi connectivity index (χ1n) is 7.15. The Labute approximate surface area is 131 Å². The number of hydrogen-bond donors (Lipinski definition) is 1. The Kier molecular flexibility index (Phi) is 4.80. The zero-order valence-corrected chi connectivity index (χ0v) is 12.6. The molecule has 3 fully saturated rings. The van der Waals surface area contributed by atoms with Crippen LogP contribution >= 0.6 is 0 Å². The van der Waals surface area contributed by atoms with Crippen LogP contribution in [0.25, 0.3) is 0 Å². The number of esters is 2. The number of carbonyl (C=O) groups excluding carboxylic acids is 2. The minimum absolute atomic E-state index is 0.238. The first-order chi connectivity index (χ1) is 11.0. The van der Waals surface area contributed by atoms with Crippen molar-refractivity contribution in [1.82, 2.24) is 0 Å². The van der Waals surface area contributed by atoms with Crippen LogP contribution in [0.15, 0.2) is 0 Å². The summed E-state index contributed by atoms with van der Waals surface area (Å²) in [5.41, 5.74) is 0. The molecule has 0 aromatic rings. The lowest BCUT2D eigenvalue weighted by atomic mass is 9.98. The smallest absolute Gasteiger partial charge is 0.321 e. The summed E-state index contributed by atoms with van der Waals surface area (Å²) < 4.78 is 36.4. The van der Waals surface area contributed by atoms with Gasteiger partial charge in [0.05, 0.1) is 13.7 Å². The maximum absolute atomic E-state index is 11.6. The molecule has 3 rings (SSSR count). The summed E-state index contributed by atoms with van der Waals surface area (Å²) >= 11 is 0. The minimum atomic E-state index is -1.36. The van der Waals surface area contributed by atoms with Gasteiger partial charge in [-0.3, -0.25) is 9.59 Å². The van der Waals surface area contributed by atoms with E-state index >= 15 is 0 Å². The van der Waals surface area contributed by atoms with E-state index in [1.807, 2.05) is 0 Å². The Morgan fingerprint density at radius 3 is 2.57 bits per heavy atom. The summed E-state index contributed by atoms with van der Waals surface area (Å²) in [5, 5.41) is 9.97. The number of carbonyl (C=O) groups is 2. The van der Waals surface area contributed by atoms with E-state index in [1.54, 1.807) is 6.92 Å². The molecule has 7 unspecified atom stereocenters. The number of fused-ring (bicyclic) bond motifs is 3. The molecule has 130 valence electrons. The average Bonchev–Trinajstić information content (AvgIpc) is 2.92. The van der Waals surface area contributed by atoms with Crippen LogP contribution in [0.2, 0.25) is 0 Å². The highest BCUT2D eigenvalue weighted by molar-refractivity contribution is 5.91. The summed E-state index contributed by atoms with van der Waals surface area (Å²) in [4.78, 5) is 22.6. The highest BCUT2D eigenvalue weighted by atomic mass is 16.9. The van der Waals surface area contributed by atoms with Gasteiger partial charge in [-0.05, 0) is 6.92 Å². The molecule has 23 heavy (non-hydrogen) atoms. The standard InChI is InChI=1S/C13H18O10/c1-5-18-4-6-9(19-5)10-11(12(16)20-6)23-13(22-10)21-8(15)3-7(14)17-2/h5-6,9-13,16H,3-4H2,1-2H3. The van der Waals surface area contributed by atoms with Gasteiger partial charge in [0, 0.05) is 0 Å². The number of hydrogen-bond acceptors (Lipinski definition) is 10. The Bertz CT molecular complexity index is 468. The molecular formula is C13H18O10. The van der Waals surface area contributed by atoms with Crippen molar-refractivity contribution in [3.05, 3.63) is 0 Å². The molecule has 3 aliphatic heterocycles. The van der Waals surface area contributed by atoms with E-state index in [1.165, 1.54) is 0 Å². The largest absolute Gasteiger partial charge is 0.469 e. The zero-order chi connectivity index (χ0) is 16.6. The molecule has 0 bridgehead atoms. The SMILES string of the molecule is COC(=O)CC(=O)OC1OC2C(O)OC3COC(C)OC3C2O1. The summed E-state index contributed by atoms with van der Waals surface area (Å²) in [6.07, 6.45) is -4.91. The van der Waals surface area contributed by atoms with Crippen LogP contribution < -0.4 is 0 Å². The lowest BCUT2D eigenvalue weighted by Crippen LogP contribution is -2.61. The topological polar surface area (TPSA) is 119 Å². The van der Waals surface area contributed by atoms with Gasteiger partial charge in [0.25, 0.3) is 0 Å². The van der Waals surface area contributed by atoms with Gasteiger partial charge < -0.3 is 38.3 Å². The summed E-state index contributed by atoms with van der Waals surface area (Å²) in [6.45, 7) is 0.600. The molecule has 1 N–H and O–H groups in total. The van der Waals surface area contributed by atoms with E-state index in [9.17, 15) is 14.7 Å². The third-order valence-corrected chi connectivity index (χ3v) is 3.73. The van der Waals surface area contributed by atoms with Gasteiger partial charge in [0.15, 0.2) is 12.6 Å². The zero-order valence-electron chi connectivity index (χ0n) is 12.6. The molecule has 0 aromatic carbocycles. The molecule has 0 spiro atoms. The molecule has 3 heterocycles. The second kappa shape index (κ2) is 6.67. The third-order valence-electron chi connectivity index (χ3n) is 3.73. The molecule has 0 aliphatic carbocycles. The summed E-state index contributed by atoms with van der Waals surface area (Å²) in [5.74, 6) is -1.61. The van der Waals surface area contributed by atoms with Gasteiger partial charge in [0.1, 0.15) is 30.8 Å². The normalized spacial score (nSPS) is 42.5. The second-order valence-corrected chi connectivity index (χ2v) is 5.30. The monoisotopic (exact) mass is 334 g/mol. The number of methoxy groups -OCH3 is 1. The molecule has 0 radical (unpaired) electrons. The number of aliphatic hydroxyl groups is 1. The lowest BCUT2D eigenvalue weighted by molar-refractivity contribution is -0.333.